The van der Waals surface area contributed by atoms with Gasteiger partial charge in [-0.25, -0.2) is 4.98 Å². The first-order valence-electron chi connectivity index (χ1n) is 8.56. The zero-order valence-corrected chi connectivity index (χ0v) is 14.8. The molecular weight excluding hydrogens is 328 g/mol. The van der Waals surface area contributed by atoms with Crippen LogP contribution in [-0.2, 0) is 23.2 Å². The summed E-state index contributed by atoms with van der Waals surface area (Å²) in [5, 5.41) is 7.06. The topological polar surface area (TPSA) is 68.5 Å². The molecule has 2 aromatic carbocycles. The molecule has 2 heterocycles. The highest BCUT2D eigenvalue weighted by Crippen LogP contribution is 2.27. The van der Waals surface area contributed by atoms with Gasteiger partial charge >= 0.3 is 0 Å². The molecule has 0 saturated carbocycles. The molecule has 26 heavy (non-hydrogen) atoms. The maximum atomic E-state index is 12.7. The molecule has 0 unspecified atom stereocenters. The van der Waals surface area contributed by atoms with E-state index in [9.17, 15) is 4.79 Å². The Balaban J connectivity index is 1.44. The zero-order valence-electron chi connectivity index (χ0n) is 14.8. The summed E-state index contributed by atoms with van der Waals surface area (Å²) in [6.07, 6.45) is 0.436. The first-order valence-corrected chi connectivity index (χ1v) is 8.56. The fourth-order valence-electron chi connectivity index (χ4n) is 3.15. The monoisotopic (exact) mass is 348 g/mol. The number of hydrogen-bond acceptors (Lipinski definition) is 4. The molecule has 1 aromatic heterocycles. The van der Waals surface area contributed by atoms with Gasteiger partial charge in [0.25, 0.3) is 5.91 Å². The van der Waals surface area contributed by atoms with E-state index < -0.39 is 5.60 Å². The Labute approximate surface area is 151 Å². The number of benzene rings is 2. The minimum Gasteiger partial charge on any atom is -0.379 e. The van der Waals surface area contributed by atoms with Crippen molar-refractivity contribution in [1.82, 2.24) is 14.9 Å². The first-order chi connectivity index (χ1) is 12.6. The van der Waals surface area contributed by atoms with Gasteiger partial charge in [-0.3, -0.25) is 4.79 Å². The average Bonchev–Trinajstić information content (AvgIpc) is 3.22. The molecule has 3 aromatic rings. The van der Waals surface area contributed by atoms with E-state index in [4.69, 9.17) is 4.84 Å². The third kappa shape index (κ3) is 2.83. The molecule has 1 aliphatic heterocycles. The van der Waals surface area contributed by atoms with Crippen LogP contribution in [0.2, 0.25) is 0 Å². The Hall–Kier alpha value is -3.15. The lowest BCUT2D eigenvalue weighted by Gasteiger charge is -2.20. The summed E-state index contributed by atoms with van der Waals surface area (Å²) in [5.74, 6) is 0.601. The zero-order chi connectivity index (χ0) is 18.1. The van der Waals surface area contributed by atoms with Crippen molar-refractivity contribution < 1.29 is 9.63 Å². The molecule has 0 bridgehead atoms. The first kappa shape index (κ1) is 16.3. The van der Waals surface area contributed by atoms with Gasteiger partial charge in [0.15, 0.2) is 0 Å². The van der Waals surface area contributed by atoms with Gasteiger partial charge in [0.2, 0.25) is 5.60 Å². The molecule has 0 fully saturated rings. The molecule has 6 heteroatoms. The number of fused-ring (bicyclic) bond motifs is 1. The average molecular weight is 348 g/mol. The number of imidazole rings is 1. The number of aryl methyl sites for hydroxylation is 1. The predicted octanol–water partition coefficient (Wildman–Crippen LogP) is 2.77. The van der Waals surface area contributed by atoms with E-state index in [-0.39, 0.29) is 5.91 Å². The fraction of sp³-hybridized carbons (Fsp3) is 0.250. The van der Waals surface area contributed by atoms with Gasteiger partial charge in [0.1, 0.15) is 5.82 Å². The number of amides is 1. The van der Waals surface area contributed by atoms with Gasteiger partial charge in [-0.05, 0) is 24.6 Å². The summed E-state index contributed by atoms with van der Waals surface area (Å²) in [7, 11) is 1.95. The minimum absolute atomic E-state index is 0.195. The van der Waals surface area contributed by atoms with Gasteiger partial charge in [-0.15, -0.1) is 0 Å². The molecule has 1 amide bonds. The van der Waals surface area contributed by atoms with E-state index in [1.165, 1.54) is 0 Å². The lowest BCUT2D eigenvalue weighted by Crippen LogP contribution is -2.44. The van der Waals surface area contributed by atoms with Crippen molar-refractivity contribution in [3.63, 3.8) is 0 Å². The Morgan fingerprint density at radius 2 is 1.92 bits per heavy atom. The van der Waals surface area contributed by atoms with E-state index in [0.717, 1.165) is 28.1 Å². The molecule has 1 N–H and O–H groups in total. The number of oxime groups is 1. The molecule has 0 aliphatic carbocycles. The number of carbonyl (C=O) groups excluding carboxylic acids is 1. The number of hydrogen-bond donors (Lipinski definition) is 1. The van der Waals surface area contributed by atoms with Crippen LogP contribution in [0.15, 0.2) is 59.8 Å². The van der Waals surface area contributed by atoms with Crippen molar-refractivity contribution in [3.8, 4) is 0 Å². The summed E-state index contributed by atoms with van der Waals surface area (Å²) in [6, 6.07) is 17.7. The van der Waals surface area contributed by atoms with Gasteiger partial charge in [0, 0.05) is 13.5 Å². The number of nitrogens with one attached hydrogen (secondary N) is 1. The number of nitrogens with zero attached hydrogens (tertiary/aromatic N) is 3. The van der Waals surface area contributed by atoms with Crippen LogP contribution >= 0.6 is 0 Å². The number of aromatic nitrogens is 2. The van der Waals surface area contributed by atoms with Crippen LogP contribution < -0.4 is 5.32 Å². The van der Waals surface area contributed by atoms with Gasteiger partial charge in [-0.2, -0.15) is 0 Å². The molecule has 0 spiro atoms. The van der Waals surface area contributed by atoms with E-state index in [1.54, 1.807) is 6.92 Å². The lowest BCUT2D eigenvalue weighted by atomic mass is 9.95. The largest absolute Gasteiger partial charge is 0.379 e. The minimum atomic E-state index is -1.00. The second-order valence-electron chi connectivity index (χ2n) is 6.66. The Morgan fingerprint density at radius 1 is 1.19 bits per heavy atom. The summed E-state index contributed by atoms with van der Waals surface area (Å²) >= 11 is 0. The van der Waals surface area contributed by atoms with E-state index in [2.05, 4.69) is 15.5 Å². The second-order valence-corrected chi connectivity index (χ2v) is 6.66. The maximum absolute atomic E-state index is 12.7. The Kier molecular flexibility index (Phi) is 3.95. The Bertz CT molecular complexity index is 993. The van der Waals surface area contributed by atoms with Crippen LogP contribution in [0.1, 0.15) is 24.7 Å². The van der Waals surface area contributed by atoms with Crippen molar-refractivity contribution >= 4 is 22.7 Å². The smallest absolute Gasteiger partial charge is 0.267 e. The van der Waals surface area contributed by atoms with Crippen molar-refractivity contribution in [2.75, 3.05) is 0 Å². The second kappa shape index (κ2) is 6.29. The van der Waals surface area contributed by atoms with Crippen molar-refractivity contribution in [3.05, 3.63) is 66.0 Å². The molecule has 1 atom stereocenters. The van der Waals surface area contributed by atoms with Crippen LogP contribution in [-0.4, -0.2) is 26.8 Å². The van der Waals surface area contributed by atoms with Crippen LogP contribution in [0, 0.1) is 0 Å². The molecule has 4 rings (SSSR count). The molecule has 1 aliphatic rings. The quantitative estimate of drug-likeness (QED) is 0.788. The summed E-state index contributed by atoms with van der Waals surface area (Å²) in [4.78, 5) is 22.8. The third-order valence-corrected chi connectivity index (χ3v) is 4.74. The summed E-state index contributed by atoms with van der Waals surface area (Å²) in [5.41, 5.74) is 2.70. The highest BCUT2D eigenvalue weighted by atomic mass is 16.7. The van der Waals surface area contributed by atoms with Gasteiger partial charge in [-0.1, -0.05) is 47.6 Å². The Morgan fingerprint density at radius 3 is 2.69 bits per heavy atom. The van der Waals surface area contributed by atoms with Crippen LogP contribution in [0.3, 0.4) is 0 Å². The molecule has 132 valence electrons. The van der Waals surface area contributed by atoms with E-state index in [1.807, 2.05) is 66.2 Å². The highest BCUT2D eigenvalue weighted by Gasteiger charge is 2.42. The van der Waals surface area contributed by atoms with Crippen LogP contribution in [0.25, 0.3) is 11.0 Å². The van der Waals surface area contributed by atoms with Crippen molar-refractivity contribution in [1.29, 1.82) is 0 Å². The van der Waals surface area contributed by atoms with E-state index in [0.29, 0.717) is 13.0 Å². The number of carbonyl (C=O) groups is 1. The number of rotatable bonds is 4. The third-order valence-electron chi connectivity index (χ3n) is 4.74. The standard InChI is InChI=1S/C20H20N4O2/c1-20(12-16(23-26-20)14-8-4-3-5-9-14)19(25)21-13-18-22-15-10-6-7-11-17(15)24(18)2/h3-11H,12-13H2,1-2H3,(H,21,25)/t20-/m0/s1. The van der Waals surface area contributed by atoms with Crippen LogP contribution in [0.4, 0.5) is 0 Å². The van der Waals surface area contributed by atoms with Crippen molar-refractivity contribution in [2.45, 2.75) is 25.5 Å². The lowest BCUT2D eigenvalue weighted by molar-refractivity contribution is -0.141. The molecule has 0 saturated heterocycles. The summed E-state index contributed by atoms with van der Waals surface area (Å²) in [6.45, 7) is 2.10. The van der Waals surface area contributed by atoms with Crippen molar-refractivity contribution in [2.24, 2.45) is 12.2 Å². The summed E-state index contributed by atoms with van der Waals surface area (Å²) < 4.78 is 1.99. The van der Waals surface area contributed by atoms with Gasteiger partial charge < -0.3 is 14.7 Å². The predicted molar refractivity (Wildman–Crippen MR) is 99.6 cm³/mol. The maximum Gasteiger partial charge on any atom is 0.267 e. The molecule has 0 radical (unpaired) electrons. The normalized spacial score (nSPS) is 19.2. The molecular formula is C20H20N4O2. The van der Waals surface area contributed by atoms with E-state index >= 15 is 0 Å². The van der Waals surface area contributed by atoms with Crippen LogP contribution in [0.5, 0.6) is 0 Å². The SMILES string of the molecule is Cn1c(CNC(=O)[C@]2(C)CC(c3ccccc3)=NO2)nc2ccccc21. The highest BCUT2D eigenvalue weighted by molar-refractivity contribution is 6.05. The number of para-hydroxylation sites is 2. The molecule has 6 nitrogen and oxygen atoms in total. The fourth-order valence-corrected chi connectivity index (χ4v) is 3.15. The van der Waals surface area contributed by atoms with Gasteiger partial charge in [0.05, 0.1) is 23.3 Å².